The Balaban J connectivity index is 2.20. The molecule has 0 N–H and O–H groups in total. The second-order valence-electron chi connectivity index (χ2n) is 8.12. The Morgan fingerprint density at radius 2 is 2.00 bits per heavy atom. The van der Waals surface area contributed by atoms with E-state index in [4.69, 9.17) is 4.99 Å². The second kappa shape index (κ2) is 9.71. The maximum atomic E-state index is 4.94. The van der Waals surface area contributed by atoms with Crippen molar-refractivity contribution < 1.29 is 0 Å². The normalized spacial score (nSPS) is 20.6. The maximum absolute atomic E-state index is 4.94. The molecule has 0 atom stereocenters. The van der Waals surface area contributed by atoms with Crippen molar-refractivity contribution in [2.75, 3.05) is 7.05 Å². The number of amidine groups is 2. The minimum atomic E-state index is -0.109. The van der Waals surface area contributed by atoms with Gasteiger partial charge in [-0.3, -0.25) is 4.99 Å². The summed E-state index contributed by atoms with van der Waals surface area (Å²) in [5.41, 5.74) is 13.3. The zero-order valence-electron chi connectivity index (χ0n) is 19.5. The summed E-state index contributed by atoms with van der Waals surface area (Å²) in [7, 11) is 1.79. The molecule has 3 heteroatoms. The van der Waals surface area contributed by atoms with Crippen molar-refractivity contribution in [3.63, 3.8) is 0 Å². The monoisotopic (exact) mass is 409 g/mol. The fourth-order valence-electron chi connectivity index (χ4n) is 4.01. The van der Waals surface area contributed by atoms with Gasteiger partial charge >= 0.3 is 0 Å². The fourth-order valence-corrected chi connectivity index (χ4v) is 4.01. The number of allylic oxidation sites excluding steroid dienone is 8. The van der Waals surface area contributed by atoms with Crippen LogP contribution < -0.4 is 0 Å². The van der Waals surface area contributed by atoms with Crippen LogP contribution in [0.2, 0.25) is 0 Å². The maximum Gasteiger partial charge on any atom is 0.160 e. The standard InChI is InChI=1S/C28H31N3/c1-7-9-17-22-20(3)28(4,5)24-19-14-13-18-23(25(22)24)27(29-6)31-26(30-8-2)21-15-11-10-12-16-21/h7-8,11,13,15-19H,10,12H2,1-6H3. The van der Waals surface area contributed by atoms with Gasteiger partial charge in [0.15, 0.2) is 11.7 Å². The molecule has 0 spiro atoms. The first-order valence-corrected chi connectivity index (χ1v) is 10.8. The van der Waals surface area contributed by atoms with E-state index in [-0.39, 0.29) is 5.41 Å². The molecule has 0 aliphatic heterocycles. The number of nitrogens with zero attached hydrogens (tertiary/aromatic N) is 3. The lowest BCUT2D eigenvalue weighted by Gasteiger charge is -2.23. The molecule has 0 saturated carbocycles. The Morgan fingerprint density at radius 1 is 1.19 bits per heavy atom. The zero-order valence-corrected chi connectivity index (χ0v) is 19.5. The minimum absolute atomic E-state index is 0.109. The molecule has 3 aliphatic rings. The molecule has 158 valence electrons. The van der Waals surface area contributed by atoms with E-state index in [1.165, 1.54) is 16.7 Å². The van der Waals surface area contributed by atoms with Gasteiger partial charge in [0.25, 0.3) is 0 Å². The molecule has 3 rings (SSSR count). The first-order chi connectivity index (χ1) is 15.0. The van der Waals surface area contributed by atoms with Gasteiger partial charge < -0.3 is 0 Å². The second-order valence-corrected chi connectivity index (χ2v) is 8.12. The Kier molecular flexibility index (Phi) is 7.02. The van der Waals surface area contributed by atoms with E-state index >= 15 is 0 Å². The molecule has 0 bridgehead atoms. The first kappa shape index (κ1) is 22.4. The lowest BCUT2D eigenvalue weighted by molar-refractivity contribution is 0.562. The van der Waals surface area contributed by atoms with Gasteiger partial charge in [0.1, 0.15) is 0 Å². The average molecular weight is 410 g/mol. The molecule has 0 aromatic carbocycles. The van der Waals surface area contributed by atoms with Crippen molar-refractivity contribution in [1.29, 1.82) is 0 Å². The van der Waals surface area contributed by atoms with Crippen LogP contribution in [0.15, 0.2) is 108 Å². The number of hydrogen-bond acceptors (Lipinski definition) is 1. The molecule has 0 aromatic heterocycles. The van der Waals surface area contributed by atoms with E-state index in [0.717, 1.165) is 29.6 Å². The number of hydrogen-bond donors (Lipinski definition) is 0. The largest absolute Gasteiger partial charge is 0.270 e. The predicted octanol–water partition coefficient (Wildman–Crippen LogP) is 6.82. The Bertz CT molecular complexity index is 1140. The molecule has 3 aliphatic carbocycles. The SMILES string of the molecule is CC=C=CC1=C(C)C(C)(C)C2=C1C(C(N=C(N=CC)C1=CCCC=C1)=NC)=CC=C=C2. The van der Waals surface area contributed by atoms with Crippen molar-refractivity contribution in [3.8, 4) is 0 Å². The Morgan fingerprint density at radius 3 is 2.65 bits per heavy atom. The molecule has 0 aromatic rings. The van der Waals surface area contributed by atoms with Crippen molar-refractivity contribution in [2.45, 2.75) is 47.5 Å². The minimum Gasteiger partial charge on any atom is -0.270 e. The molecular weight excluding hydrogens is 378 g/mol. The van der Waals surface area contributed by atoms with Gasteiger partial charge in [0.2, 0.25) is 0 Å². The molecule has 0 unspecified atom stereocenters. The Hall–Kier alpha value is -3.25. The molecule has 3 nitrogen and oxygen atoms in total. The van der Waals surface area contributed by atoms with Crippen molar-refractivity contribution >= 4 is 17.9 Å². The summed E-state index contributed by atoms with van der Waals surface area (Å²) < 4.78 is 0. The molecule has 0 saturated heterocycles. The highest BCUT2D eigenvalue weighted by Crippen LogP contribution is 2.50. The predicted molar refractivity (Wildman–Crippen MR) is 134 cm³/mol. The van der Waals surface area contributed by atoms with Gasteiger partial charge in [-0.1, -0.05) is 37.6 Å². The quantitative estimate of drug-likeness (QED) is 0.279. The third-order valence-electron chi connectivity index (χ3n) is 5.96. The zero-order chi connectivity index (χ0) is 22.4. The lowest BCUT2D eigenvalue weighted by atomic mass is 9.80. The van der Waals surface area contributed by atoms with E-state index in [0.29, 0.717) is 11.7 Å². The van der Waals surface area contributed by atoms with Crippen molar-refractivity contribution in [2.24, 2.45) is 20.4 Å². The van der Waals surface area contributed by atoms with Crippen LogP contribution in [0.1, 0.15) is 47.5 Å². The van der Waals surface area contributed by atoms with E-state index < -0.39 is 0 Å². The highest BCUT2D eigenvalue weighted by atomic mass is 15.0. The van der Waals surface area contributed by atoms with Gasteiger partial charge in [-0.2, -0.15) is 0 Å². The third-order valence-corrected chi connectivity index (χ3v) is 5.96. The highest BCUT2D eigenvalue weighted by Gasteiger charge is 2.38. The van der Waals surface area contributed by atoms with Crippen LogP contribution in [0.25, 0.3) is 0 Å². The van der Waals surface area contributed by atoms with Crippen LogP contribution in [-0.2, 0) is 0 Å². The van der Waals surface area contributed by atoms with E-state index in [9.17, 15) is 0 Å². The Labute approximate surface area is 186 Å². The van der Waals surface area contributed by atoms with Crippen LogP contribution in [0.4, 0.5) is 0 Å². The third kappa shape index (κ3) is 4.44. The molecule has 0 radical (unpaired) electrons. The number of rotatable bonds is 3. The summed E-state index contributed by atoms with van der Waals surface area (Å²) in [4.78, 5) is 14.1. The fraction of sp³-hybridized carbons (Fsp3) is 0.321. The van der Waals surface area contributed by atoms with Crippen LogP contribution >= 0.6 is 0 Å². The summed E-state index contributed by atoms with van der Waals surface area (Å²) in [6.45, 7) is 10.6. The molecule has 31 heavy (non-hydrogen) atoms. The van der Waals surface area contributed by atoms with Gasteiger partial charge in [0.05, 0.1) is 0 Å². The summed E-state index contributed by atoms with van der Waals surface area (Å²) in [6.07, 6.45) is 20.4. The summed E-state index contributed by atoms with van der Waals surface area (Å²) in [5.74, 6) is 1.35. The molecule has 0 fully saturated rings. The lowest BCUT2D eigenvalue weighted by Crippen LogP contribution is -2.13. The van der Waals surface area contributed by atoms with Crippen molar-refractivity contribution in [1.82, 2.24) is 0 Å². The van der Waals surface area contributed by atoms with E-state index in [2.05, 4.69) is 78.7 Å². The summed E-state index contributed by atoms with van der Waals surface area (Å²) >= 11 is 0. The van der Waals surface area contributed by atoms with Crippen LogP contribution in [0, 0.1) is 5.41 Å². The van der Waals surface area contributed by atoms with Crippen LogP contribution in [0.3, 0.4) is 0 Å². The van der Waals surface area contributed by atoms with Gasteiger partial charge in [-0.25, -0.2) is 9.98 Å². The summed E-state index contributed by atoms with van der Waals surface area (Å²) in [6, 6.07) is 0. The smallest absolute Gasteiger partial charge is 0.160 e. The van der Waals surface area contributed by atoms with Crippen LogP contribution in [0.5, 0.6) is 0 Å². The van der Waals surface area contributed by atoms with Gasteiger partial charge in [-0.15, -0.1) is 11.5 Å². The number of aliphatic imine (C=N–C) groups is 3. The highest BCUT2D eigenvalue weighted by molar-refractivity contribution is 6.16. The van der Waals surface area contributed by atoms with Crippen LogP contribution in [-0.4, -0.2) is 24.9 Å². The molecule has 0 amide bonds. The first-order valence-electron chi connectivity index (χ1n) is 10.8. The van der Waals surface area contributed by atoms with Crippen molar-refractivity contribution in [3.05, 3.63) is 93.5 Å². The van der Waals surface area contributed by atoms with Gasteiger partial charge in [-0.05, 0) is 80.7 Å². The molecular formula is C28H31N3. The van der Waals surface area contributed by atoms with Gasteiger partial charge in [0, 0.05) is 29.8 Å². The average Bonchev–Trinajstić information content (AvgIpc) is 2.92. The summed E-state index contributed by atoms with van der Waals surface area (Å²) in [5, 5.41) is 0. The van der Waals surface area contributed by atoms with E-state index in [1.54, 1.807) is 13.3 Å². The van der Waals surface area contributed by atoms with E-state index in [1.807, 2.05) is 26.0 Å². The molecule has 0 heterocycles. The topological polar surface area (TPSA) is 37.1 Å².